The summed E-state index contributed by atoms with van der Waals surface area (Å²) < 4.78 is 0. The second-order valence-electron chi connectivity index (χ2n) is 3.93. The first-order valence-electron chi connectivity index (χ1n) is 5.47. The van der Waals surface area contributed by atoms with Gasteiger partial charge in [0.25, 0.3) is 0 Å². The summed E-state index contributed by atoms with van der Waals surface area (Å²) in [5.41, 5.74) is 0. The van der Waals surface area contributed by atoms with E-state index >= 15 is 0 Å². The number of nitrogens with zero attached hydrogens (tertiary/aromatic N) is 1. The van der Waals surface area contributed by atoms with Crippen LogP contribution in [0, 0.1) is 0 Å². The molecular weight excluding hydrogens is 206 g/mol. The van der Waals surface area contributed by atoms with Crippen molar-refractivity contribution in [2.75, 3.05) is 18.4 Å². The Morgan fingerprint density at radius 3 is 3.20 bits per heavy atom. The van der Waals surface area contributed by atoms with E-state index in [1.807, 2.05) is 12.1 Å². The molecule has 1 saturated heterocycles. The van der Waals surface area contributed by atoms with Crippen LogP contribution in [0.25, 0.3) is 0 Å². The van der Waals surface area contributed by atoms with Gasteiger partial charge in [0, 0.05) is 23.7 Å². The van der Waals surface area contributed by atoms with Crippen LogP contribution in [0.5, 0.6) is 0 Å². The SMILES string of the molecule is Sc1ccnc(NCC2CCCCN2)c1. The van der Waals surface area contributed by atoms with Crippen LogP contribution in [0.4, 0.5) is 5.82 Å². The third-order valence-electron chi connectivity index (χ3n) is 2.69. The fraction of sp³-hybridized carbons (Fsp3) is 0.545. The Bertz CT molecular complexity index is 310. The molecule has 0 amide bonds. The van der Waals surface area contributed by atoms with Crippen molar-refractivity contribution in [3.63, 3.8) is 0 Å². The van der Waals surface area contributed by atoms with E-state index in [1.54, 1.807) is 6.20 Å². The van der Waals surface area contributed by atoms with E-state index < -0.39 is 0 Å². The van der Waals surface area contributed by atoms with Gasteiger partial charge in [0.2, 0.25) is 0 Å². The predicted octanol–water partition coefficient (Wildman–Crippen LogP) is 1.92. The number of anilines is 1. The molecule has 0 radical (unpaired) electrons. The smallest absolute Gasteiger partial charge is 0.127 e. The molecule has 1 aromatic rings. The molecule has 2 N–H and O–H groups in total. The molecule has 2 heterocycles. The summed E-state index contributed by atoms with van der Waals surface area (Å²) in [5, 5.41) is 6.83. The zero-order valence-electron chi connectivity index (χ0n) is 8.74. The van der Waals surface area contributed by atoms with Crippen LogP contribution in [0.1, 0.15) is 19.3 Å². The van der Waals surface area contributed by atoms with E-state index in [0.717, 1.165) is 23.8 Å². The molecule has 0 saturated carbocycles. The quantitative estimate of drug-likeness (QED) is 0.685. The molecular formula is C11H17N3S. The summed E-state index contributed by atoms with van der Waals surface area (Å²) in [6.07, 6.45) is 5.67. The molecule has 2 rings (SSSR count). The van der Waals surface area contributed by atoms with Crippen molar-refractivity contribution in [3.8, 4) is 0 Å². The van der Waals surface area contributed by atoms with Gasteiger partial charge in [-0.15, -0.1) is 12.6 Å². The Balaban J connectivity index is 1.81. The van der Waals surface area contributed by atoms with E-state index in [4.69, 9.17) is 0 Å². The van der Waals surface area contributed by atoms with Gasteiger partial charge in [0.05, 0.1) is 0 Å². The van der Waals surface area contributed by atoms with Crippen LogP contribution < -0.4 is 10.6 Å². The lowest BCUT2D eigenvalue weighted by Gasteiger charge is -2.23. The van der Waals surface area contributed by atoms with Gasteiger partial charge in [-0.25, -0.2) is 4.98 Å². The first-order chi connectivity index (χ1) is 7.34. The molecule has 4 heteroatoms. The third-order valence-corrected chi connectivity index (χ3v) is 2.96. The van der Waals surface area contributed by atoms with E-state index in [-0.39, 0.29) is 0 Å². The zero-order chi connectivity index (χ0) is 10.5. The van der Waals surface area contributed by atoms with Gasteiger partial charge >= 0.3 is 0 Å². The highest BCUT2D eigenvalue weighted by molar-refractivity contribution is 7.80. The summed E-state index contributed by atoms with van der Waals surface area (Å²) >= 11 is 4.28. The Labute approximate surface area is 96.1 Å². The van der Waals surface area contributed by atoms with Crippen molar-refractivity contribution in [2.45, 2.75) is 30.2 Å². The summed E-state index contributed by atoms with van der Waals surface area (Å²) in [5.74, 6) is 0.912. The van der Waals surface area contributed by atoms with Gasteiger partial charge in [0.15, 0.2) is 0 Å². The molecule has 0 bridgehead atoms. The number of thiol groups is 1. The molecule has 0 aromatic carbocycles. The van der Waals surface area contributed by atoms with Gasteiger partial charge < -0.3 is 10.6 Å². The molecule has 15 heavy (non-hydrogen) atoms. The first-order valence-corrected chi connectivity index (χ1v) is 5.91. The number of hydrogen-bond acceptors (Lipinski definition) is 4. The van der Waals surface area contributed by atoms with Crippen molar-refractivity contribution in [3.05, 3.63) is 18.3 Å². The fourth-order valence-electron chi connectivity index (χ4n) is 1.84. The van der Waals surface area contributed by atoms with E-state index in [2.05, 4.69) is 28.2 Å². The van der Waals surface area contributed by atoms with Gasteiger partial charge in [-0.3, -0.25) is 0 Å². The van der Waals surface area contributed by atoms with Crippen molar-refractivity contribution >= 4 is 18.4 Å². The van der Waals surface area contributed by atoms with Crippen molar-refractivity contribution in [2.24, 2.45) is 0 Å². The van der Waals surface area contributed by atoms with Crippen LogP contribution in [0.3, 0.4) is 0 Å². The average Bonchev–Trinajstić information content (AvgIpc) is 2.28. The molecule has 82 valence electrons. The molecule has 1 unspecified atom stereocenters. The highest BCUT2D eigenvalue weighted by atomic mass is 32.1. The normalized spacial score (nSPS) is 21.3. The minimum Gasteiger partial charge on any atom is -0.368 e. The second-order valence-corrected chi connectivity index (χ2v) is 4.44. The number of pyridine rings is 1. The molecule has 1 aromatic heterocycles. The van der Waals surface area contributed by atoms with Crippen LogP contribution in [-0.4, -0.2) is 24.1 Å². The maximum absolute atomic E-state index is 4.28. The standard InChI is InChI=1S/C11H17N3S/c15-10-4-6-13-11(7-10)14-8-9-3-1-2-5-12-9/h4,6-7,9,12H,1-3,5,8H2,(H2,13,14,15). The Morgan fingerprint density at radius 1 is 1.53 bits per heavy atom. The predicted molar refractivity (Wildman–Crippen MR) is 65.6 cm³/mol. The van der Waals surface area contributed by atoms with Crippen LogP contribution in [0.15, 0.2) is 23.2 Å². The molecule has 1 fully saturated rings. The lowest BCUT2D eigenvalue weighted by Crippen LogP contribution is -2.39. The molecule has 1 aliphatic heterocycles. The Morgan fingerprint density at radius 2 is 2.47 bits per heavy atom. The van der Waals surface area contributed by atoms with Crippen LogP contribution in [-0.2, 0) is 0 Å². The average molecular weight is 223 g/mol. The highest BCUT2D eigenvalue weighted by Crippen LogP contribution is 2.11. The van der Waals surface area contributed by atoms with Crippen molar-refractivity contribution in [1.29, 1.82) is 0 Å². The molecule has 3 nitrogen and oxygen atoms in total. The minimum absolute atomic E-state index is 0.587. The number of piperidine rings is 1. The number of nitrogens with one attached hydrogen (secondary N) is 2. The van der Waals surface area contributed by atoms with Gasteiger partial charge in [-0.05, 0) is 31.5 Å². The molecule has 0 spiro atoms. The topological polar surface area (TPSA) is 37.0 Å². The van der Waals surface area contributed by atoms with E-state index in [1.165, 1.54) is 19.3 Å². The third kappa shape index (κ3) is 3.39. The number of hydrogen-bond donors (Lipinski definition) is 3. The Kier molecular flexibility index (Phi) is 3.86. The monoisotopic (exact) mass is 223 g/mol. The molecule has 0 aliphatic carbocycles. The first kappa shape index (κ1) is 10.8. The van der Waals surface area contributed by atoms with E-state index in [0.29, 0.717) is 6.04 Å². The zero-order valence-corrected chi connectivity index (χ0v) is 9.63. The lowest BCUT2D eigenvalue weighted by molar-refractivity contribution is 0.414. The molecule has 1 atom stereocenters. The largest absolute Gasteiger partial charge is 0.368 e. The van der Waals surface area contributed by atoms with Crippen LogP contribution >= 0.6 is 12.6 Å². The summed E-state index contributed by atoms with van der Waals surface area (Å²) in [6, 6.07) is 4.42. The van der Waals surface area contributed by atoms with Gasteiger partial charge in [-0.2, -0.15) is 0 Å². The number of rotatable bonds is 3. The second kappa shape index (κ2) is 5.37. The maximum atomic E-state index is 4.28. The highest BCUT2D eigenvalue weighted by Gasteiger charge is 2.11. The summed E-state index contributed by atoms with van der Waals surface area (Å²) in [6.45, 7) is 2.09. The van der Waals surface area contributed by atoms with Crippen molar-refractivity contribution < 1.29 is 0 Å². The van der Waals surface area contributed by atoms with E-state index in [9.17, 15) is 0 Å². The molecule has 1 aliphatic rings. The maximum Gasteiger partial charge on any atom is 0.127 e. The van der Waals surface area contributed by atoms with Gasteiger partial charge in [0.1, 0.15) is 5.82 Å². The fourth-order valence-corrected chi connectivity index (χ4v) is 2.03. The van der Waals surface area contributed by atoms with Crippen LogP contribution in [0.2, 0.25) is 0 Å². The minimum atomic E-state index is 0.587. The summed E-state index contributed by atoms with van der Waals surface area (Å²) in [4.78, 5) is 5.18. The lowest BCUT2D eigenvalue weighted by atomic mass is 10.1. The number of aromatic nitrogens is 1. The van der Waals surface area contributed by atoms with Crippen molar-refractivity contribution in [1.82, 2.24) is 10.3 Å². The van der Waals surface area contributed by atoms with Gasteiger partial charge in [-0.1, -0.05) is 6.42 Å². The Hall–Kier alpha value is -0.740. The summed E-state index contributed by atoms with van der Waals surface area (Å²) in [7, 11) is 0.